The smallest absolute Gasteiger partial charge is 0.256 e. The first-order chi connectivity index (χ1) is 10.2. The van der Waals surface area contributed by atoms with E-state index in [2.05, 4.69) is 15.8 Å². The highest BCUT2D eigenvalue weighted by molar-refractivity contribution is 5.83. The Bertz CT molecular complexity index is 581. The Morgan fingerprint density at radius 2 is 2.05 bits per heavy atom. The Balaban J connectivity index is 1.82. The highest BCUT2D eigenvalue weighted by atomic mass is 16.3. The number of nitrogens with zero attached hydrogens (tertiary/aromatic N) is 1. The maximum absolute atomic E-state index is 11.8. The molecular weight excluding hydrogens is 270 g/mol. The number of nitrogens with one attached hydrogen (secondary N) is 2. The maximum atomic E-state index is 11.8. The zero-order chi connectivity index (χ0) is 15.1. The third-order valence-electron chi connectivity index (χ3n) is 2.83. The van der Waals surface area contributed by atoms with Gasteiger partial charge in [0.05, 0.1) is 18.5 Å². The molecule has 2 rings (SSSR count). The van der Waals surface area contributed by atoms with Gasteiger partial charge in [0.25, 0.3) is 5.91 Å². The van der Waals surface area contributed by atoms with E-state index in [1.807, 2.05) is 18.2 Å². The van der Waals surface area contributed by atoms with Gasteiger partial charge in [-0.3, -0.25) is 10.1 Å². The normalized spacial score (nSPS) is 14.0. The van der Waals surface area contributed by atoms with Crippen molar-refractivity contribution in [2.24, 2.45) is 5.10 Å². The minimum absolute atomic E-state index is 0.354. The van der Waals surface area contributed by atoms with E-state index < -0.39 is 12.3 Å². The van der Waals surface area contributed by atoms with Gasteiger partial charge in [-0.25, -0.2) is 5.43 Å². The molecule has 0 aliphatic carbocycles. The summed E-state index contributed by atoms with van der Waals surface area (Å²) in [5.41, 5.74) is 3.07. The number of hydrazone groups is 1. The van der Waals surface area contributed by atoms with Crippen LogP contribution in [0.4, 0.5) is 0 Å². The third-order valence-corrected chi connectivity index (χ3v) is 2.83. The van der Waals surface area contributed by atoms with Crippen LogP contribution in [0.15, 0.2) is 58.2 Å². The van der Waals surface area contributed by atoms with Gasteiger partial charge in [-0.1, -0.05) is 30.3 Å². The van der Waals surface area contributed by atoms with Gasteiger partial charge in [0.15, 0.2) is 0 Å². The largest absolute Gasteiger partial charge is 0.463 e. The fourth-order valence-electron chi connectivity index (χ4n) is 1.67. The van der Waals surface area contributed by atoms with Crippen LogP contribution in [0.3, 0.4) is 0 Å². The van der Waals surface area contributed by atoms with Crippen LogP contribution in [0.2, 0.25) is 0 Å². The first-order valence-electron chi connectivity index (χ1n) is 6.52. The average Bonchev–Trinajstić information content (AvgIpc) is 3.01. The van der Waals surface area contributed by atoms with Gasteiger partial charge < -0.3 is 9.52 Å². The summed E-state index contributed by atoms with van der Waals surface area (Å²) < 4.78 is 5.04. The number of benzene rings is 1. The molecule has 0 aliphatic rings. The van der Waals surface area contributed by atoms with Gasteiger partial charge >= 0.3 is 0 Å². The zero-order valence-corrected chi connectivity index (χ0v) is 11.6. The van der Waals surface area contributed by atoms with Crippen molar-refractivity contribution >= 4 is 12.1 Å². The van der Waals surface area contributed by atoms with Gasteiger partial charge in [-0.05, 0) is 24.6 Å². The monoisotopic (exact) mass is 287 g/mol. The van der Waals surface area contributed by atoms with E-state index in [1.165, 1.54) is 12.5 Å². The first kappa shape index (κ1) is 15.0. The molecule has 0 aliphatic heterocycles. The fourth-order valence-corrected chi connectivity index (χ4v) is 1.67. The summed E-state index contributed by atoms with van der Waals surface area (Å²) >= 11 is 0. The van der Waals surface area contributed by atoms with Gasteiger partial charge in [-0.15, -0.1) is 0 Å². The van der Waals surface area contributed by atoms with Gasteiger partial charge in [0, 0.05) is 0 Å². The number of carbonyl (C=O) groups excluding carboxylic acids is 1. The summed E-state index contributed by atoms with van der Waals surface area (Å²) in [5, 5.41) is 16.5. The molecule has 2 aromatic rings. The van der Waals surface area contributed by atoms with Gasteiger partial charge in [-0.2, -0.15) is 5.10 Å². The lowest BCUT2D eigenvalue weighted by molar-refractivity contribution is -0.123. The molecule has 0 saturated carbocycles. The third kappa shape index (κ3) is 4.55. The molecule has 1 aromatic heterocycles. The Morgan fingerprint density at radius 3 is 2.71 bits per heavy atom. The number of rotatable bonds is 6. The summed E-state index contributed by atoms with van der Waals surface area (Å²) in [6.07, 6.45) is 2.00. The van der Waals surface area contributed by atoms with E-state index in [9.17, 15) is 9.90 Å². The molecule has 1 aromatic carbocycles. The number of furan rings is 1. The second kappa shape index (κ2) is 7.37. The summed E-state index contributed by atoms with van der Waals surface area (Å²) in [5.74, 6) is 0.188. The Labute approximate surface area is 122 Å². The van der Waals surface area contributed by atoms with Crippen LogP contribution >= 0.6 is 0 Å². The number of aliphatic hydroxyl groups is 1. The zero-order valence-electron chi connectivity index (χ0n) is 11.6. The topological polar surface area (TPSA) is 86.9 Å². The quantitative estimate of drug-likeness (QED) is 0.426. The average molecular weight is 287 g/mol. The van der Waals surface area contributed by atoms with Crippen LogP contribution in [0.25, 0.3) is 0 Å². The molecule has 0 radical (unpaired) electrons. The predicted octanol–water partition coefficient (Wildman–Crippen LogP) is 1.40. The minimum atomic E-state index is -0.916. The number of amides is 1. The van der Waals surface area contributed by atoms with Crippen LogP contribution in [0.5, 0.6) is 0 Å². The lowest BCUT2D eigenvalue weighted by atomic mass is 10.2. The van der Waals surface area contributed by atoms with Crippen molar-refractivity contribution in [3.8, 4) is 0 Å². The fraction of sp³-hybridized carbons (Fsp3) is 0.200. The SMILES string of the molecule is C[C@@H](N[C@H](O)c1ccccc1)C(=O)N/N=C\c1ccco1. The second-order valence-corrected chi connectivity index (χ2v) is 4.45. The lowest BCUT2D eigenvalue weighted by Crippen LogP contribution is -2.42. The molecule has 1 heterocycles. The minimum Gasteiger partial charge on any atom is -0.463 e. The Morgan fingerprint density at radius 1 is 1.29 bits per heavy atom. The number of carbonyl (C=O) groups is 1. The molecule has 21 heavy (non-hydrogen) atoms. The van der Waals surface area contributed by atoms with Gasteiger partial charge in [0.2, 0.25) is 0 Å². The van der Waals surface area contributed by atoms with Crippen LogP contribution in [0.1, 0.15) is 24.5 Å². The summed E-state index contributed by atoms with van der Waals surface area (Å²) in [7, 11) is 0. The molecule has 6 heteroatoms. The van der Waals surface area contributed by atoms with Crippen molar-refractivity contribution in [1.82, 2.24) is 10.7 Å². The summed E-state index contributed by atoms with van der Waals surface area (Å²) in [4.78, 5) is 11.8. The molecule has 0 bridgehead atoms. The molecule has 2 atom stereocenters. The Kier molecular flexibility index (Phi) is 5.25. The standard InChI is InChI=1S/C15H17N3O3/c1-11(17-15(20)12-6-3-2-4-7-12)14(19)18-16-10-13-8-5-9-21-13/h2-11,15,17,20H,1H3,(H,18,19)/b16-10-/t11-,15-/m1/s1. The van der Waals surface area contributed by atoms with E-state index >= 15 is 0 Å². The van der Waals surface area contributed by atoms with Crippen molar-refractivity contribution in [2.75, 3.05) is 0 Å². The van der Waals surface area contributed by atoms with E-state index in [0.29, 0.717) is 11.3 Å². The molecule has 110 valence electrons. The van der Waals surface area contributed by atoms with Crippen LogP contribution in [-0.2, 0) is 4.79 Å². The van der Waals surface area contributed by atoms with E-state index in [-0.39, 0.29) is 5.91 Å². The van der Waals surface area contributed by atoms with Crippen LogP contribution in [-0.4, -0.2) is 23.3 Å². The molecule has 6 nitrogen and oxygen atoms in total. The molecule has 1 amide bonds. The van der Waals surface area contributed by atoms with Crippen molar-refractivity contribution in [3.63, 3.8) is 0 Å². The number of hydrogen-bond acceptors (Lipinski definition) is 5. The van der Waals surface area contributed by atoms with E-state index in [4.69, 9.17) is 4.42 Å². The summed E-state index contributed by atoms with van der Waals surface area (Å²) in [6, 6.07) is 11.9. The first-order valence-corrected chi connectivity index (χ1v) is 6.52. The highest BCUT2D eigenvalue weighted by Gasteiger charge is 2.16. The van der Waals surface area contributed by atoms with Crippen LogP contribution in [0, 0.1) is 0 Å². The van der Waals surface area contributed by atoms with Crippen molar-refractivity contribution < 1.29 is 14.3 Å². The molecule has 3 N–H and O–H groups in total. The maximum Gasteiger partial charge on any atom is 0.256 e. The Hall–Kier alpha value is -2.44. The number of aliphatic hydroxyl groups excluding tert-OH is 1. The van der Waals surface area contributed by atoms with Crippen molar-refractivity contribution in [3.05, 3.63) is 60.1 Å². The molecular formula is C15H17N3O3. The van der Waals surface area contributed by atoms with Crippen molar-refractivity contribution in [2.45, 2.75) is 19.2 Å². The summed E-state index contributed by atoms with van der Waals surface area (Å²) in [6.45, 7) is 1.64. The number of hydrogen-bond donors (Lipinski definition) is 3. The molecule has 0 saturated heterocycles. The highest BCUT2D eigenvalue weighted by Crippen LogP contribution is 2.09. The van der Waals surface area contributed by atoms with Crippen molar-refractivity contribution in [1.29, 1.82) is 0 Å². The van der Waals surface area contributed by atoms with Gasteiger partial charge in [0.1, 0.15) is 12.0 Å². The van der Waals surface area contributed by atoms with Crippen LogP contribution < -0.4 is 10.7 Å². The van der Waals surface area contributed by atoms with E-state index in [0.717, 1.165) is 0 Å². The second-order valence-electron chi connectivity index (χ2n) is 4.45. The molecule has 0 unspecified atom stereocenters. The molecule has 0 fully saturated rings. The van der Waals surface area contributed by atoms with E-state index in [1.54, 1.807) is 31.2 Å². The lowest BCUT2D eigenvalue weighted by Gasteiger charge is -2.17. The molecule has 0 spiro atoms. The predicted molar refractivity (Wildman–Crippen MR) is 78.4 cm³/mol.